The maximum absolute atomic E-state index is 12.7. The Labute approximate surface area is 184 Å². The third-order valence-electron chi connectivity index (χ3n) is 6.87. The second-order valence-electron chi connectivity index (χ2n) is 10.2. The molecule has 2 aliphatic heterocycles. The van der Waals surface area contributed by atoms with E-state index in [0.29, 0.717) is 18.1 Å². The molecule has 2 bridgehead atoms. The zero-order chi connectivity index (χ0) is 21.6. The lowest BCUT2D eigenvalue weighted by Crippen LogP contribution is -2.46. The van der Waals surface area contributed by atoms with Gasteiger partial charge in [0.2, 0.25) is 0 Å². The van der Waals surface area contributed by atoms with Crippen LogP contribution >= 0.6 is 0 Å². The highest BCUT2D eigenvalue weighted by atomic mass is 16.2. The van der Waals surface area contributed by atoms with Gasteiger partial charge in [0.15, 0.2) is 0 Å². The first-order chi connectivity index (χ1) is 14.9. The number of nitrogens with one attached hydrogen (secondary N) is 1. The summed E-state index contributed by atoms with van der Waals surface area (Å²) in [5.41, 5.74) is 2.96. The Kier molecular flexibility index (Phi) is 5.09. The second kappa shape index (κ2) is 7.79. The molecule has 3 heterocycles. The molecule has 5 nitrogen and oxygen atoms in total. The molecule has 162 valence electrons. The maximum Gasteiger partial charge on any atom is 0.252 e. The Morgan fingerprint density at radius 1 is 1.06 bits per heavy atom. The van der Waals surface area contributed by atoms with Crippen LogP contribution in [0.4, 0.5) is 5.69 Å². The van der Waals surface area contributed by atoms with Crippen LogP contribution in [0.1, 0.15) is 56.8 Å². The van der Waals surface area contributed by atoms with E-state index in [0.717, 1.165) is 23.1 Å². The van der Waals surface area contributed by atoms with E-state index in [9.17, 15) is 4.79 Å². The fourth-order valence-electron chi connectivity index (χ4n) is 5.28. The summed E-state index contributed by atoms with van der Waals surface area (Å²) >= 11 is 0. The normalized spacial score (nSPS) is 23.9. The van der Waals surface area contributed by atoms with Crippen LogP contribution in [0.2, 0.25) is 0 Å². The van der Waals surface area contributed by atoms with Gasteiger partial charge < -0.3 is 5.32 Å². The van der Waals surface area contributed by atoms with E-state index in [1.807, 2.05) is 26.8 Å². The Morgan fingerprint density at radius 3 is 2.45 bits per heavy atom. The molecule has 2 unspecified atom stereocenters. The number of carbonyl (C=O) groups excluding carboxylic acids is 1. The quantitative estimate of drug-likeness (QED) is 0.624. The van der Waals surface area contributed by atoms with Crippen molar-refractivity contribution in [2.75, 3.05) is 5.32 Å². The number of nitrogens with zero attached hydrogens (tertiary/aromatic N) is 3. The van der Waals surface area contributed by atoms with Crippen molar-refractivity contribution in [1.29, 1.82) is 0 Å². The number of piperidine rings is 1. The third kappa shape index (κ3) is 3.99. The van der Waals surface area contributed by atoms with Gasteiger partial charge in [-0.1, -0.05) is 51.1 Å². The molecule has 2 aliphatic rings. The Hall–Kier alpha value is -2.66. The molecule has 2 fully saturated rings. The first-order valence-electron chi connectivity index (χ1n) is 11.5. The summed E-state index contributed by atoms with van der Waals surface area (Å²) < 4.78 is 1.54. The maximum atomic E-state index is 12.7. The molecule has 2 atom stereocenters. The summed E-state index contributed by atoms with van der Waals surface area (Å²) in [7, 11) is 0. The zero-order valence-corrected chi connectivity index (χ0v) is 18.7. The number of hydrogen-bond donors (Lipinski definition) is 1. The SMILES string of the molecule is CC(C)(C)C(=O)n1ncc2cc(NC3CC4CCC(C3)N4Cc3ccccc3)ccc21. The van der Waals surface area contributed by atoms with E-state index < -0.39 is 5.41 Å². The predicted octanol–water partition coefficient (Wildman–Crippen LogP) is 5.33. The molecule has 2 aromatic carbocycles. The fourth-order valence-corrected chi connectivity index (χ4v) is 5.28. The lowest BCUT2D eigenvalue weighted by molar-refractivity contribution is 0.0755. The van der Waals surface area contributed by atoms with E-state index in [-0.39, 0.29) is 5.91 Å². The first kappa shape index (κ1) is 20.3. The highest BCUT2D eigenvalue weighted by Crippen LogP contribution is 2.38. The molecule has 0 radical (unpaired) electrons. The number of aromatic nitrogens is 2. The largest absolute Gasteiger partial charge is 0.382 e. The minimum atomic E-state index is -0.455. The van der Waals surface area contributed by atoms with Crippen molar-refractivity contribution in [2.45, 2.75) is 71.1 Å². The van der Waals surface area contributed by atoms with Crippen LogP contribution < -0.4 is 5.32 Å². The molecule has 2 saturated heterocycles. The van der Waals surface area contributed by atoms with Gasteiger partial charge in [0.05, 0.1) is 11.7 Å². The van der Waals surface area contributed by atoms with Crippen LogP contribution in [0.15, 0.2) is 54.7 Å². The summed E-state index contributed by atoms with van der Waals surface area (Å²) in [4.78, 5) is 15.4. The Balaban J connectivity index is 1.28. The average Bonchev–Trinajstić information content (AvgIpc) is 3.25. The number of anilines is 1. The number of benzene rings is 2. The molecule has 31 heavy (non-hydrogen) atoms. The summed E-state index contributed by atoms with van der Waals surface area (Å²) in [6, 6.07) is 18.9. The first-order valence-corrected chi connectivity index (χ1v) is 11.5. The molecule has 1 N–H and O–H groups in total. The fraction of sp³-hybridized carbons (Fsp3) is 0.462. The van der Waals surface area contributed by atoms with Crippen molar-refractivity contribution >= 4 is 22.5 Å². The molecule has 3 aromatic rings. The van der Waals surface area contributed by atoms with E-state index in [1.54, 1.807) is 10.9 Å². The van der Waals surface area contributed by atoms with Crippen LogP contribution in [0, 0.1) is 5.41 Å². The minimum absolute atomic E-state index is 0.0190. The van der Waals surface area contributed by atoms with Crippen molar-refractivity contribution in [3.63, 3.8) is 0 Å². The van der Waals surface area contributed by atoms with Crippen molar-refractivity contribution in [2.24, 2.45) is 5.41 Å². The predicted molar refractivity (Wildman–Crippen MR) is 125 cm³/mol. The van der Waals surface area contributed by atoms with Crippen LogP contribution in [-0.2, 0) is 6.54 Å². The van der Waals surface area contributed by atoms with E-state index in [1.165, 1.54) is 31.2 Å². The van der Waals surface area contributed by atoms with Gasteiger partial charge >= 0.3 is 0 Å². The number of fused-ring (bicyclic) bond motifs is 3. The van der Waals surface area contributed by atoms with E-state index in [4.69, 9.17) is 0 Å². The molecular weight excluding hydrogens is 384 g/mol. The molecule has 0 saturated carbocycles. The monoisotopic (exact) mass is 416 g/mol. The molecule has 0 amide bonds. The average molecular weight is 417 g/mol. The number of hydrogen-bond acceptors (Lipinski definition) is 4. The van der Waals surface area contributed by atoms with Crippen molar-refractivity contribution in [3.05, 3.63) is 60.3 Å². The lowest BCUT2D eigenvalue weighted by atomic mass is 9.95. The summed E-state index contributed by atoms with van der Waals surface area (Å²) in [6.45, 7) is 6.85. The van der Waals surface area contributed by atoms with Gasteiger partial charge in [-0.2, -0.15) is 9.78 Å². The van der Waals surface area contributed by atoms with Gasteiger partial charge in [-0.3, -0.25) is 9.69 Å². The van der Waals surface area contributed by atoms with Crippen LogP contribution in [0.25, 0.3) is 10.9 Å². The van der Waals surface area contributed by atoms with E-state index >= 15 is 0 Å². The van der Waals surface area contributed by atoms with Gasteiger partial charge in [0, 0.05) is 41.2 Å². The zero-order valence-electron chi connectivity index (χ0n) is 18.7. The van der Waals surface area contributed by atoms with Gasteiger partial charge in [-0.15, -0.1) is 0 Å². The Bertz CT molecular complexity index is 1070. The molecule has 0 spiro atoms. The van der Waals surface area contributed by atoms with Gasteiger partial charge in [0.1, 0.15) is 0 Å². The number of carbonyl (C=O) groups is 1. The summed E-state index contributed by atoms with van der Waals surface area (Å²) in [6.07, 6.45) is 6.77. The standard InChI is InChI=1S/C26H32N4O/c1-26(2,3)25(31)30-24-12-9-20(13-19(24)16-27-30)28-21-14-22-10-11-23(15-21)29(22)17-18-7-5-4-6-8-18/h4-9,12-13,16,21-23,28H,10-11,14-15,17H2,1-3H3. The summed E-state index contributed by atoms with van der Waals surface area (Å²) in [5.74, 6) is 0.0190. The lowest BCUT2D eigenvalue weighted by Gasteiger charge is -2.39. The van der Waals surface area contributed by atoms with Gasteiger partial charge in [-0.25, -0.2) is 0 Å². The van der Waals surface area contributed by atoms with Crippen LogP contribution in [0.3, 0.4) is 0 Å². The second-order valence-corrected chi connectivity index (χ2v) is 10.2. The van der Waals surface area contributed by atoms with Crippen LogP contribution in [0.5, 0.6) is 0 Å². The van der Waals surface area contributed by atoms with Crippen molar-refractivity contribution in [3.8, 4) is 0 Å². The van der Waals surface area contributed by atoms with Gasteiger partial charge in [0.25, 0.3) is 5.91 Å². The molecule has 1 aromatic heterocycles. The van der Waals surface area contributed by atoms with Gasteiger partial charge in [-0.05, 0) is 49.4 Å². The smallest absolute Gasteiger partial charge is 0.252 e. The van der Waals surface area contributed by atoms with Crippen molar-refractivity contribution in [1.82, 2.24) is 14.7 Å². The molecule has 0 aliphatic carbocycles. The summed E-state index contributed by atoms with van der Waals surface area (Å²) in [5, 5.41) is 9.15. The topological polar surface area (TPSA) is 50.2 Å². The molecule has 5 heteroatoms. The highest BCUT2D eigenvalue weighted by molar-refractivity contribution is 5.94. The highest BCUT2D eigenvalue weighted by Gasteiger charge is 2.40. The van der Waals surface area contributed by atoms with Crippen LogP contribution in [-0.4, -0.2) is 38.7 Å². The Morgan fingerprint density at radius 2 is 1.77 bits per heavy atom. The molecule has 5 rings (SSSR count). The number of rotatable bonds is 4. The minimum Gasteiger partial charge on any atom is -0.382 e. The van der Waals surface area contributed by atoms with Crippen molar-refractivity contribution < 1.29 is 4.79 Å². The third-order valence-corrected chi connectivity index (χ3v) is 6.87. The van der Waals surface area contributed by atoms with E-state index in [2.05, 4.69) is 57.8 Å². The molecular formula is C26H32N4O.